The maximum atomic E-state index is 7.97. The third-order valence-corrected chi connectivity index (χ3v) is 0.254. The zero-order chi connectivity index (χ0) is 3.91. The van der Waals surface area contributed by atoms with Gasteiger partial charge >= 0.3 is 0 Å². The molecule has 1 aliphatic rings. The minimum atomic E-state index is -1.75. The van der Waals surface area contributed by atoms with Crippen molar-refractivity contribution >= 4 is 7.85 Å². The van der Waals surface area contributed by atoms with E-state index < -0.39 is 5.87 Å². The Kier molecular flexibility index (Phi) is 0.341. The SMILES string of the molecule is [B]C1(O)OO1. The first kappa shape index (κ1) is 3.15. The lowest BCUT2D eigenvalue weighted by molar-refractivity contribution is 0.0850. The third-order valence-electron chi connectivity index (χ3n) is 0.254. The Hall–Kier alpha value is -0.0551. The van der Waals surface area contributed by atoms with Gasteiger partial charge in [0.1, 0.15) is 0 Å². The summed E-state index contributed by atoms with van der Waals surface area (Å²) in [6, 6.07) is 0. The first-order valence-electron chi connectivity index (χ1n) is 1.09. The van der Waals surface area contributed by atoms with Gasteiger partial charge in [-0.25, -0.2) is 0 Å². The summed E-state index contributed by atoms with van der Waals surface area (Å²) in [5.41, 5.74) is 0. The molecule has 0 aromatic rings. The van der Waals surface area contributed by atoms with E-state index in [4.69, 9.17) is 5.11 Å². The molecule has 0 aliphatic carbocycles. The van der Waals surface area contributed by atoms with Crippen molar-refractivity contribution in [3.63, 3.8) is 0 Å². The molecule has 1 N–H and O–H groups in total. The molecular formula is CHBO3. The van der Waals surface area contributed by atoms with Crippen LogP contribution in [-0.4, -0.2) is 18.8 Å². The Morgan fingerprint density at radius 1 is 1.60 bits per heavy atom. The molecule has 0 bridgehead atoms. The van der Waals surface area contributed by atoms with Crippen molar-refractivity contribution in [2.75, 3.05) is 0 Å². The second kappa shape index (κ2) is 0.542. The quantitative estimate of drug-likeness (QED) is 0.220. The normalized spacial score (nSPS) is 29.8. The van der Waals surface area contributed by atoms with Gasteiger partial charge < -0.3 is 5.11 Å². The summed E-state index contributed by atoms with van der Waals surface area (Å²) < 4.78 is 0. The standard InChI is InChI=1S/CHBO3/c2-1(3)4-5-1/h3H. The van der Waals surface area contributed by atoms with Crippen molar-refractivity contribution in [3.8, 4) is 0 Å². The Balaban J connectivity index is 2.38. The van der Waals surface area contributed by atoms with Gasteiger partial charge in [0, 0.05) is 0 Å². The van der Waals surface area contributed by atoms with Crippen molar-refractivity contribution in [1.29, 1.82) is 0 Å². The molecule has 1 aliphatic heterocycles. The van der Waals surface area contributed by atoms with E-state index in [1.807, 2.05) is 0 Å². The predicted molar refractivity (Wildman–Crippen MR) is 12.9 cm³/mol. The van der Waals surface area contributed by atoms with Crippen molar-refractivity contribution in [2.24, 2.45) is 0 Å². The number of hydrogen-bond donors (Lipinski definition) is 1. The van der Waals surface area contributed by atoms with E-state index in [9.17, 15) is 0 Å². The second-order valence-corrected chi connectivity index (χ2v) is 0.797. The van der Waals surface area contributed by atoms with Crippen LogP contribution in [0.1, 0.15) is 0 Å². The summed E-state index contributed by atoms with van der Waals surface area (Å²) in [4.78, 5) is 7.46. The molecule has 26 valence electrons. The van der Waals surface area contributed by atoms with Crippen LogP contribution in [0.15, 0.2) is 0 Å². The van der Waals surface area contributed by atoms with Gasteiger partial charge in [-0.1, -0.05) is 0 Å². The van der Waals surface area contributed by atoms with E-state index in [0.29, 0.717) is 0 Å². The first-order valence-corrected chi connectivity index (χ1v) is 1.09. The maximum absolute atomic E-state index is 7.97. The molecule has 1 fully saturated rings. The van der Waals surface area contributed by atoms with E-state index in [-0.39, 0.29) is 0 Å². The molecule has 3 nitrogen and oxygen atoms in total. The van der Waals surface area contributed by atoms with Crippen LogP contribution in [0.4, 0.5) is 0 Å². The molecule has 1 saturated heterocycles. The predicted octanol–water partition coefficient (Wildman–Crippen LogP) is -1.28. The molecule has 1 heterocycles. The smallest absolute Gasteiger partial charge is 0.280 e. The molecular weight excluding hydrogens is 70.8 g/mol. The number of aliphatic hydroxyl groups is 1. The fourth-order valence-electron chi connectivity index (χ4n) is 0.0427. The molecule has 2 radical (unpaired) electrons. The molecule has 4 heteroatoms. The molecule has 5 heavy (non-hydrogen) atoms. The topological polar surface area (TPSA) is 45.3 Å². The van der Waals surface area contributed by atoms with Crippen LogP contribution < -0.4 is 0 Å². The highest BCUT2D eigenvalue weighted by atomic mass is 17.4. The van der Waals surface area contributed by atoms with Crippen LogP contribution in [0, 0.1) is 0 Å². The summed E-state index contributed by atoms with van der Waals surface area (Å²) in [6.45, 7) is 0. The summed E-state index contributed by atoms with van der Waals surface area (Å²) in [5.74, 6) is -1.75. The molecule has 0 unspecified atom stereocenters. The molecule has 0 saturated carbocycles. The van der Waals surface area contributed by atoms with E-state index in [2.05, 4.69) is 17.6 Å². The molecule has 0 atom stereocenters. The summed E-state index contributed by atoms with van der Waals surface area (Å²) >= 11 is 0. The second-order valence-electron chi connectivity index (χ2n) is 0.797. The van der Waals surface area contributed by atoms with Gasteiger partial charge in [-0.05, 0) is 0 Å². The van der Waals surface area contributed by atoms with Crippen LogP contribution >= 0.6 is 0 Å². The fourth-order valence-corrected chi connectivity index (χ4v) is 0.0427. The zero-order valence-electron chi connectivity index (χ0n) is 2.34. The van der Waals surface area contributed by atoms with Gasteiger partial charge in [0.05, 0.1) is 0 Å². The molecule has 1 rings (SSSR count). The van der Waals surface area contributed by atoms with Gasteiger partial charge in [0.15, 0.2) is 0 Å². The number of hydrogen-bond acceptors (Lipinski definition) is 3. The maximum Gasteiger partial charge on any atom is 0.280 e. The first-order chi connectivity index (χ1) is 2.21. The van der Waals surface area contributed by atoms with Crippen molar-refractivity contribution in [3.05, 3.63) is 0 Å². The average molecular weight is 71.8 g/mol. The molecule has 0 amide bonds. The lowest BCUT2D eigenvalue weighted by Crippen LogP contribution is -2.05. The minimum absolute atomic E-state index is 1.75. The highest BCUT2D eigenvalue weighted by molar-refractivity contribution is 6.12. The van der Waals surface area contributed by atoms with E-state index in [1.165, 1.54) is 0 Å². The summed E-state index contributed by atoms with van der Waals surface area (Å²) in [6.07, 6.45) is 0. The van der Waals surface area contributed by atoms with Crippen molar-refractivity contribution in [2.45, 2.75) is 5.87 Å². The van der Waals surface area contributed by atoms with Crippen LogP contribution in [-0.2, 0) is 9.78 Å². The number of rotatable bonds is 0. The fraction of sp³-hybridized carbons (Fsp3) is 1.00. The summed E-state index contributed by atoms with van der Waals surface area (Å²) in [7, 11) is 4.58. The van der Waals surface area contributed by atoms with Crippen LogP contribution in [0.3, 0.4) is 0 Å². The van der Waals surface area contributed by atoms with Crippen LogP contribution in [0.25, 0.3) is 0 Å². The third kappa shape index (κ3) is 0.610. The van der Waals surface area contributed by atoms with Crippen LogP contribution in [0.2, 0.25) is 0 Å². The molecule has 0 aromatic carbocycles. The van der Waals surface area contributed by atoms with Gasteiger partial charge in [-0.2, -0.15) is 9.78 Å². The van der Waals surface area contributed by atoms with E-state index in [1.54, 1.807) is 0 Å². The van der Waals surface area contributed by atoms with Gasteiger partial charge in [0.2, 0.25) is 7.85 Å². The lowest BCUT2D eigenvalue weighted by Gasteiger charge is -1.74. The van der Waals surface area contributed by atoms with Crippen molar-refractivity contribution in [1.82, 2.24) is 0 Å². The van der Waals surface area contributed by atoms with Crippen molar-refractivity contribution < 1.29 is 14.9 Å². The lowest BCUT2D eigenvalue weighted by atomic mass is 10.1. The average Bonchev–Trinajstić information content (AvgIpc) is 1.76. The minimum Gasteiger partial charge on any atom is -0.349 e. The Morgan fingerprint density at radius 2 is 1.80 bits per heavy atom. The Morgan fingerprint density at radius 3 is 1.80 bits per heavy atom. The highest BCUT2D eigenvalue weighted by Crippen LogP contribution is 2.19. The van der Waals surface area contributed by atoms with Crippen LogP contribution in [0.5, 0.6) is 0 Å². The monoisotopic (exact) mass is 72.0 g/mol. The van der Waals surface area contributed by atoms with E-state index >= 15 is 0 Å². The Bertz CT molecular complexity index is 44.9. The van der Waals surface area contributed by atoms with Gasteiger partial charge in [0.25, 0.3) is 5.87 Å². The largest absolute Gasteiger partial charge is 0.349 e. The van der Waals surface area contributed by atoms with Gasteiger partial charge in [-0.3, -0.25) is 0 Å². The zero-order valence-corrected chi connectivity index (χ0v) is 2.34. The van der Waals surface area contributed by atoms with E-state index in [0.717, 1.165) is 0 Å². The molecule has 0 spiro atoms. The highest BCUT2D eigenvalue weighted by Gasteiger charge is 2.39. The summed E-state index contributed by atoms with van der Waals surface area (Å²) in [5, 5.41) is 7.97. The molecule has 0 aromatic heterocycles. The van der Waals surface area contributed by atoms with Gasteiger partial charge in [-0.15, -0.1) is 0 Å². The Labute approximate surface area is 29.8 Å².